The number of carbonyl (C=O) groups excluding carboxylic acids is 1. The van der Waals surface area contributed by atoms with E-state index >= 15 is 0 Å². The van der Waals surface area contributed by atoms with Crippen molar-refractivity contribution in [2.45, 2.75) is 26.7 Å². The highest BCUT2D eigenvalue weighted by molar-refractivity contribution is 6.30. The molecule has 0 radical (unpaired) electrons. The molecule has 0 bridgehead atoms. The third-order valence-corrected chi connectivity index (χ3v) is 3.77. The van der Waals surface area contributed by atoms with E-state index in [0.717, 1.165) is 29.7 Å². The summed E-state index contributed by atoms with van der Waals surface area (Å²) in [6.07, 6.45) is 1.73. The lowest BCUT2D eigenvalue weighted by atomic mass is 10.0. The number of urea groups is 1. The van der Waals surface area contributed by atoms with Crippen LogP contribution in [0.25, 0.3) is 0 Å². The largest absolute Gasteiger partial charge is 0.473 e. The maximum absolute atomic E-state index is 12.1. The zero-order valence-electron chi connectivity index (χ0n) is 13.4. The minimum absolute atomic E-state index is 0.0865. The molecule has 0 aliphatic carbocycles. The van der Waals surface area contributed by atoms with E-state index in [9.17, 15) is 4.79 Å². The van der Waals surface area contributed by atoms with Crippen molar-refractivity contribution in [2.24, 2.45) is 0 Å². The summed E-state index contributed by atoms with van der Waals surface area (Å²) in [4.78, 5) is 12.1. The number of ether oxygens (including phenoxy) is 1. The first-order chi connectivity index (χ1) is 11.1. The first-order valence-electron chi connectivity index (χ1n) is 7.68. The summed E-state index contributed by atoms with van der Waals surface area (Å²) in [5.74, 6) is 0.651. The Labute approximate surface area is 141 Å². The van der Waals surface area contributed by atoms with Crippen LogP contribution in [0, 0.1) is 0 Å². The van der Waals surface area contributed by atoms with Crippen LogP contribution >= 0.6 is 11.6 Å². The van der Waals surface area contributed by atoms with Crippen molar-refractivity contribution in [3.05, 3.63) is 58.6 Å². The van der Waals surface area contributed by atoms with Crippen LogP contribution < -0.4 is 15.4 Å². The van der Waals surface area contributed by atoms with Crippen molar-refractivity contribution in [3.8, 4) is 5.75 Å². The summed E-state index contributed by atoms with van der Waals surface area (Å²) in [6, 6.07) is 12.8. The third kappa shape index (κ3) is 4.89. The van der Waals surface area contributed by atoms with Crippen molar-refractivity contribution in [1.29, 1.82) is 0 Å². The van der Waals surface area contributed by atoms with Crippen LogP contribution in [0.5, 0.6) is 5.75 Å². The van der Waals surface area contributed by atoms with E-state index < -0.39 is 0 Å². The fraction of sp³-hybridized carbons (Fsp3) is 0.278. The van der Waals surface area contributed by atoms with E-state index in [-0.39, 0.29) is 12.8 Å². The molecule has 2 aromatic carbocycles. The molecule has 0 saturated carbocycles. The van der Waals surface area contributed by atoms with Gasteiger partial charge >= 0.3 is 6.03 Å². The second-order valence-corrected chi connectivity index (χ2v) is 5.47. The van der Waals surface area contributed by atoms with Gasteiger partial charge in [0.15, 0.2) is 6.73 Å². The summed E-state index contributed by atoms with van der Waals surface area (Å²) >= 11 is 5.81. The average Bonchev–Trinajstić information content (AvgIpc) is 2.57. The van der Waals surface area contributed by atoms with Crippen LogP contribution in [0.4, 0.5) is 10.5 Å². The van der Waals surface area contributed by atoms with Gasteiger partial charge in [-0.05, 0) is 48.2 Å². The van der Waals surface area contributed by atoms with Crippen molar-refractivity contribution in [3.63, 3.8) is 0 Å². The van der Waals surface area contributed by atoms with Gasteiger partial charge in [-0.25, -0.2) is 4.79 Å². The predicted molar refractivity (Wildman–Crippen MR) is 94.3 cm³/mol. The van der Waals surface area contributed by atoms with E-state index in [2.05, 4.69) is 24.5 Å². The summed E-state index contributed by atoms with van der Waals surface area (Å²) in [7, 11) is 0. The molecule has 0 fully saturated rings. The van der Waals surface area contributed by atoms with Crippen LogP contribution in [-0.4, -0.2) is 12.8 Å². The number of para-hydroxylation sites is 1. The fourth-order valence-corrected chi connectivity index (χ4v) is 2.40. The Hall–Kier alpha value is -2.20. The molecule has 2 aromatic rings. The van der Waals surface area contributed by atoms with Gasteiger partial charge in [0.25, 0.3) is 0 Å². The lowest BCUT2D eigenvalue weighted by molar-refractivity contribution is 0.234. The number of hydrogen-bond donors (Lipinski definition) is 2. The van der Waals surface area contributed by atoms with Gasteiger partial charge in [-0.1, -0.05) is 43.6 Å². The first-order valence-corrected chi connectivity index (χ1v) is 8.05. The Kier molecular flexibility index (Phi) is 6.29. The van der Waals surface area contributed by atoms with Gasteiger partial charge in [-0.3, -0.25) is 0 Å². The third-order valence-electron chi connectivity index (χ3n) is 3.52. The van der Waals surface area contributed by atoms with E-state index in [1.54, 1.807) is 24.3 Å². The second kappa shape index (κ2) is 8.44. The van der Waals surface area contributed by atoms with Crippen molar-refractivity contribution < 1.29 is 9.53 Å². The van der Waals surface area contributed by atoms with E-state index in [4.69, 9.17) is 16.3 Å². The van der Waals surface area contributed by atoms with Gasteiger partial charge in [-0.2, -0.15) is 0 Å². The summed E-state index contributed by atoms with van der Waals surface area (Å²) in [5.41, 5.74) is 3.14. The minimum Gasteiger partial charge on any atom is -0.473 e. The lowest BCUT2D eigenvalue weighted by Crippen LogP contribution is -2.32. The number of halogens is 1. The Balaban J connectivity index is 1.91. The number of hydrogen-bond acceptors (Lipinski definition) is 2. The number of carbonyl (C=O) groups is 1. The molecule has 2 N–H and O–H groups in total. The Morgan fingerprint density at radius 1 is 1.04 bits per heavy atom. The smallest absolute Gasteiger partial charge is 0.321 e. The molecule has 0 aliphatic rings. The average molecular weight is 333 g/mol. The maximum Gasteiger partial charge on any atom is 0.321 e. The number of aryl methyl sites for hydroxylation is 2. The monoisotopic (exact) mass is 332 g/mol. The van der Waals surface area contributed by atoms with Crippen LogP contribution in [0.1, 0.15) is 25.0 Å². The topological polar surface area (TPSA) is 50.4 Å². The molecule has 23 heavy (non-hydrogen) atoms. The zero-order chi connectivity index (χ0) is 16.7. The van der Waals surface area contributed by atoms with Gasteiger partial charge in [0.2, 0.25) is 0 Å². The molecule has 0 heterocycles. The van der Waals surface area contributed by atoms with E-state index in [0.29, 0.717) is 10.8 Å². The van der Waals surface area contributed by atoms with Gasteiger partial charge in [0.1, 0.15) is 5.75 Å². The molecule has 5 heteroatoms. The Bertz CT molecular complexity index is 634. The predicted octanol–water partition coefficient (Wildman–Crippen LogP) is 4.62. The highest BCUT2D eigenvalue weighted by Gasteiger charge is 2.09. The second-order valence-electron chi connectivity index (χ2n) is 5.03. The van der Waals surface area contributed by atoms with Crippen LogP contribution in [-0.2, 0) is 12.8 Å². The highest BCUT2D eigenvalue weighted by Crippen LogP contribution is 2.22. The molecule has 2 rings (SSSR count). The normalized spacial score (nSPS) is 10.2. The van der Waals surface area contributed by atoms with Gasteiger partial charge in [0.05, 0.1) is 0 Å². The molecule has 0 aliphatic heterocycles. The number of nitrogens with one attached hydrogen (secondary N) is 2. The quantitative estimate of drug-likeness (QED) is 0.758. The van der Waals surface area contributed by atoms with Crippen molar-refractivity contribution in [2.75, 3.05) is 12.0 Å². The molecule has 4 nitrogen and oxygen atoms in total. The highest BCUT2D eigenvalue weighted by atomic mass is 35.5. The number of anilines is 1. The standard InChI is InChI=1S/C18H21ClN2O2/c1-3-13-6-5-7-14(4-2)17(13)21-18(22)20-12-23-16-10-8-15(19)9-11-16/h5-11H,3-4,12H2,1-2H3,(H2,20,21,22). The summed E-state index contributed by atoms with van der Waals surface area (Å²) < 4.78 is 5.45. The van der Waals surface area contributed by atoms with Gasteiger partial charge in [0, 0.05) is 10.7 Å². The van der Waals surface area contributed by atoms with Crippen molar-refractivity contribution >= 4 is 23.3 Å². The Morgan fingerprint density at radius 2 is 1.65 bits per heavy atom. The van der Waals surface area contributed by atoms with Crippen LogP contribution in [0.2, 0.25) is 5.02 Å². The summed E-state index contributed by atoms with van der Waals surface area (Å²) in [6.45, 7) is 4.23. The molecule has 0 saturated heterocycles. The number of benzene rings is 2. The maximum atomic E-state index is 12.1. The van der Waals surface area contributed by atoms with Gasteiger partial charge in [-0.15, -0.1) is 0 Å². The minimum atomic E-state index is -0.283. The first kappa shape index (κ1) is 17.2. The molecule has 0 unspecified atom stereocenters. The molecule has 0 atom stereocenters. The van der Waals surface area contributed by atoms with E-state index in [1.807, 2.05) is 18.2 Å². The number of rotatable bonds is 6. The molecule has 2 amide bonds. The van der Waals surface area contributed by atoms with Gasteiger partial charge < -0.3 is 15.4 Å². The van der Waals surface area contributed by atoms with E-state index in [1.165, 1.54) is 0 Å². The van der Waals surface area contributed by atoms with Crippen LogP contribution in [0.3, 0.4) is 0 Å². The summed E-state index contributed by atoms with van der Waals surface area (Å²) in [5, 5.41) is 6.26. The zero-order valence-corrected chi connectivity index (χ0v) is 14.1. The molecular weight excluding hydrogens is 312 g/mol. The molecule has 122 valence electrons. The number of amides is 2. The SMILES string of the molecule is CCc1cccc(CC)c1NC(=O)NCOc1ccc(Cl)cc1. The lowest BCUT2D eigenvalue weighted by Gasteiger charge is -2.15. The Morgan fingerprint density at radius 3 is 2.22 bits per heavy atom. The molecule has 0 spiro atoms. The fourth-order valence-electron chi connectivity index (χ4n) is 2.28. The van der Waals surface area contributed by atoms with Crippen molar-refractivity contribution in [1.82, 2.24) is 5.32 Å². The molecule has 0 aromatic heterocycles. The molecular formula is C18H21ClN2O2. The van der Waals surface area contributed by atoms with Crippen LogP contribution in [0.15, 0.2) is 42.5 Å².